The molecule has 0 radical (unpaired) electrons. The van der Waals surface area contributed by atoms with Crippen molar-refractivity contribution in [3.8, 4) is 0 Å². The molecular formula is C15H23N5O. The highest BCUT2D eigenvalue weighted by molar-refractivity contribution is 5.91. The van der Waals surface area contributed by atoms with E-state index in [2.05, 4.69) is 15.7 Å². The molecule has 114 valence electrons. The summed E-state index contributed by atoms with van der Waals surface area (Å²) in [6.07, 6.45) is 9.11. The molecule has 0 aromatic carbocycles. The van der Waals surface area contributed by atoms with Gasteiger partial charge in [0.25, 0.3) is 0 Å². The number of aromatic nitrogens is 2. The van der Waals surface area contributed by atoms with E-state index in [0.29, 0.717) is 11.5 Å². The number of hydrogen-bond acceptors (Lipinski definition) is 3. The fourth-order valence-electron chi connectivity index (χ4n) is 5.25. The highest BCUT2D eigenvalue weighted by Crippen LogP contribution is 2.55. The Bertz CT molecular complexity index is 524. The molecule has 6 heteroatoms. The Balaban J connectivity index is 1.47. The summed E-state index contributed by atoms with van der Waals surface area (Å²) in [5, 5.41) is 10.2. The van der Waals surface area contributed by atoms with Crippen molar-refractivity contribution in [2.45, 2.75) is 44.1 Å². The number of urea groups is 1. The fraction of sp³-hybridized carbons (Fsp3) is 0.733. The zero-order valence-electron chi connectivity index (χ0n) is 12.4. The number of anilines is 2. The number of nitrogen functional groups attached to an aromatic ring is 1. The first-order valence-corrected chi connectivity index (χ1v) is 7.90. The summed E-state index contributed by atoms with van der Waals surface area (Å²) in [5.41, 5.74) is 6.34. The molecule has 1 aromatic rings. The number of hydrogen-bond donors (Lipinski definition) is 3. The minimum absolute atomic E-state index is 0.0200. The van der Waals surface area contributed by atoms with Crippen LogP contribution in [0.1, 0.15) is 38.5 Å². The largest absolute Gasteiger partial charge is 0.394 e. The van der Waals surface area contributed by atoms with Crippen LogP contribution in [-0.2, 0) is 7.05 Å². The maximum absolute atomic E-state index is 12.4. The molecule has 4 bridgehead atoms. The minimum Gasteiger partial charge on any atom is -0.394 e. The molecule has 6 nitrogen and oxygen atoms in total. The quantitative estimate of drug-likeness (QED) is 0.779. The van der Waals surface area contributed by atoms with Crippen LogP contribution >= 0.6 is 0 Å². The average molecular weight is 289 g/mol. The Morgan fingerprint density at radius 1 is 1.29 bits per heavy atom. The van der Waals surface area contributed by atoms with Gasteiger partial charge in [-0.05, 0) is 56.3 Å². The SMILES string of the molecule is Cn1ncc(N)c1NC(=O)NC12CC3CC(CC(C3)C1)C2. The van der Waals surface area contributed by atoms with E-state index < -0.39 is 0 Å². The first-order valence-electron chi connectivity index (χ1n) is 7.90. The van der Waals surface area contributed by atoms with Crippen LogP contribution < -0.4 is 16.4 Å². The Labute approximate surface area is 124 Å². The van der Waals surface area contributed by atoms with Gasteiger partial charge in [0.2, 0.25) is 0 Å². The van der Waals surface area contributed by atoms with Crippen LogP contribution in [0.4, 0.5) is 16.3 Å². The van der Waals surface area contributed by atoms with Crippen LogP contribution in [0.2, 0.25) is 0 Å². The molecule has 0 spiro atoms. The van der Waals surface area contributed by atoms with Crippen LogP contribution in [0.5, 0.6) is 0 Å². The van der Waals surface area contributed by atoms with E-state index in [4.69, 9.17) is 5.73 Å². The Hall–Kier alpha value is -1.72. The van der Waals surface area contributed by atoms with E-state index in [0.717, 1.165) is 37.0 Å². The van der Waals surface area contributed by atoms with Crippen LogP contribution in [0.25, 0.3) is 0 Å². The third-order valence-electron chi connectivity index (χ3n) is 5.62. The van der Waals surface area contributed by atoms with Crippen molar-refractivity contribution in [3.63, 3.8) is 0 Å². The van der Waals surface area contributed by atoms with Crippen molar-refractivity contribution in [1.29, 1.82) is 0 Å². The Kier molecular flexibility index (Phi) is 2.71. The summed E-state index contributed by atoms with van der Waals surface area (Å²) in [6.45, 7) is 0. The molecule has 5 rings (SSSR count). The topological polar surface area (TPSA) is 85.0 Å². The summed E-state index contributed by atoms with van der Waals surface area (Å²) < 4.78 is 1.59. The van der Waals surface area contributed by atoms with E-state index in [-0.39, 0.29) is 11.6 Å². The van der Waals surface area contributed by atoms with Crippen molar-refractivity contribution in [3.05, 3.63) is 6.20 Å². The van der Waals surface area contributed by atoms with E-state index in [1.165, 1.54) is 19.3 Å². The number of nitrogens with two attached hydrogens (primary N) is 1. The first kappa shape index (κ1) is 13.0. The van der Waals surface area contributed by atoms with Gasteiger partial charge in [-0.15, -0.1) is 0 Å². The third-order valence-corrected chi connectivity index (χ3v) is 5.62. The molecule has 4 fully saturated rings. The Morgan fingerprint density at radius 2 is 1.86 bits per heavy atom. The minimum atomic E-state index is -0.146. The second-order valence-electron chi connectivity index (χ2n) is 7.35. The van der Waals surface area contributed by atoms with Gasteiger partial charge in [0.15, 0.2) is 5.82 Å². The molecule has 2 amide bonds. The molecule has 0 saturated heterocycles. The zero-order chi connectivity index (χ0) is 14.6. The van der Waals surface area contributed by atoms with Gasteiger partial charge in [0.1, 0.15) is 0 Å². The lowest BCUT2D eigenvalue weighted by Crippen LogP contribution is -2.60. The molecule has 4 saturated carbocycles. The van der Waals surface area contributed by atoms with Gasteiger partial charge >= 0.3 is 6.03 Å². The molecule has 4 aliphatic carbocycles. The molecular weight excluding hydrogens is 266 g/mol. The molecule has 21 heavy (non-hydrogen) atoms. The average Bonchev–Trinajstić information content (AvgIpc) is 2.68. The zero-order valence-corrected chi connectivity index (χ0v) is 12.4. The molecule has 0 atom stereocenters. The van der Waals surface area contributed by atoms with E-state index >= 15 is 0 Å². The summed E-state index contributed by atoms with van der Waals surface area (Å²) in [4.78, 5) is 12.4. The van der Waals surface area contributed by atoms with Gasteiger partial charge in [0.05, 0.1) is 11.9 Å². The number of rotatable bonds is 2. The molecule has 1 heterocycles. The third kappa shape index (κ3) is 2.17. The van der Waals surface area contributed by atoms with Crippen LogP contribution in [0.15, 0.2) is 6.20 Å². The maximum atomic E-state index is 12.4. The summed E-state index contributed by atoms with van der Waals surface area (Å²) in [7, 11) is 1.77. The smallest absolute Gasteiger partial charge is 0.320 e. The van der Waals surface area contributed by atoms with Crippen molar-refractivity contribution in [2.75, 3.05) is 11.1 Å². The number of amides is 2. The predicted octanol–water partition coefficient (Wildman–Crippen LogP) is 2.09. The van der Waals surface area contributed by atoms with Gasteiger partial charge in [-0.3, -0.25) is 10.00 Å². The van der Waals surface area contributed by atoms with Gasteiger partial charge in [-0.1, -0.05) is 0 Å². The predicted molar refractivity (Wildman–Crippen MR) is 80.7 cm³/mol. The van der Waals surface area contributed by atoms with Crippen molar-refractivity contribution in [1.82, 2.24) is 15.1 Å². The molecule has 1 aromatic heterocycles. The van der Waals surface area contributed by atoms with E-state index in [9.17, 15) is 4.79 Å². The van der Waals surface area contributed by atoms with E-state index in [1.54, 1.807) is 17.9 Å². The molecule has 0 aliphatic heterocycles. The monoisotopic (exact) mass is 289 g/mol. The van der Waals surface area contributed by atoms with Gasteiger partial charge in [0, 0.05) is 12.6 Å². The van der Waals surface area contributed by atoms with Crippen molar-refractivity contribution >= 4 is 17.5 Å². The standard InChI is InChI=1S/C15H23N5O/c1-20-13(12(16)8-17-20)18-14(21)19-15-5-9-2-10(6-15)4-11(3-9)7-15/h8-11H,2-7,16H2,1H3,(H2,18,19,21). The number of carbonyl (C=O) groups excluding carboxylic acids is 1. The van der Waals surface area contributed by atoms with Crippen molar-refractivity contribution < 1.29 is 4.79 Å². The molecule has 4 aliphatic rings. The second-order valence-corrected chi connectivity index (χ2v) is 7.35. The fourth-order valence-corrected chi connectivity index (χ4v) is 5.25. The maximum Gasteiger partial charge on any atom is 0.320 e. The Morgan fingerprint density at radius 3 is 2.33 bits per heavy atom. The summed E-state index contributed by atoms with van der Waals surface area (Å²) >= 11 is 0. The lowest BCUT2D eigenvalue weighted by molar-refractivity contribution is -0.0127. The summed E-state index contributed by atoms with van der Waals surface area (Å²) in [5.74, 6) is 3.02. The number of nitrogens with one attached hydrogen (secondary N) is 2. The van der Waals surface area contributed by atoms with E-state index in [1.807, 2.05) is 0 Å². The summed E-state index contributed by atoms with van der Waals surface area (Å²) in [6, 6.07) is -0.146. The van der Waals surface area contributed by atoms with Crippen LogP contribution in [0, 0.1) is 17.8 Å². The van der Waals surface area contributed by atoms with Gasteiger partial charge < -0.3 is 11.1 Å². The number of nitrogens with zero attached hydrogens (tertiary/aromatic N) is 2. The lowest BCUT2D eigenvalue weighted by Gasteiger charge is -2.56. The molecule has 4 N–H and O–H groups in total. The second kappa shape index (κ2) is 4.39. The normalized spacial score (nSPS) is 36.7. The highest BCUT2D eigenvalue weighted by Gasteiger charge is 2.51. The van der Waals surface area contributed by atoms with Gasteiger partial charge in [-0.25, -0.2) is 4.79 Å². The lowest BCUT2D eigenvalue weighted by atomic mass is 9.53. The van der Waals surface area contributed by atoms with Crippen LogP contribution in [-0.4, -0.2) is 21.4 Å². The highest BCUT2D eigenvalue weighted by atomic mass is 16.2. The number of carbonyl (C=O) groups is 1. The molecule has 0 unspecified atom stereocenters. The van der Waals surface area contributed by atoms with Crippen molar-refractivity contribution in [2.24, 2.45) is 24.8 Å². The number of aryl methyl sites for hydroxylation is 1. The first-order chi connectivity index (χ1) is 10.0. The van der Waals surface area contributed by atoms with Crippen LogP contribution in [0.3, 0.4) is 0 Å². The van der Waals surface area contributed by atoms with Gasteiger partial charge in [-0.2, -0.15) is 5.10 Å².